The highest BCUT2D eigenvalue weighted by Gasteiger charge is 2.05. The molecule has 3 aromatic rings. The van der Waals surface area contributed by atoms with Crippen molar-refractivity contribution in [2.24, 2.45) is 7.05 Å². The minimum Gasteiger partial charge on any atom is -0.275 e. The van der Waals surface area contributed by atoms with Crippen molar-refractivity contribution >= 4 is 21.7 Å². The van der Waals surface area contributed by atoms with Gasteiger partial charge in [0.1, 0.15) is 10.3 Å². The molecule has 0 amide bonds. The van der Waals surface area contributed by atoms with Crippen LogP contribution in [0.25, 0.3) is 21.7 Å². The van der Waals surface area contributed by atoms with E-state index in [9.17, 15) is 0 Å². The van der Waals surface area contributed by atoms with Crippen molar-refractivity contribution in [2.45, 2.75) is 0 Å². The number of hydrogen-bond acceptors (Lipinski definition) is 5. The van der Waals surface area contributed by atoms with E-state index in [0.29, 0.717) is 5.82 Å². The molecular weight excluding hydrogens is 210 g/mol. The molecule has 0 saturated carbocycles. The predicted octanol–water partition coefficient (Wildman–Crippen LogP) is 1.49. The van der Waals surface area contributed by atoms with Crippen LogP contribution < -0.4 is 0 Å². The summed E-state index contributed by atoms with van der Waals surface area (Å²) in [4.78, 5) is 13.7. The molecule has 0 aliphatic rings. The molecule has 6 heteroatoms. The van der Waals surface area contributed by atoms with E-state index >= 15 is 0 Å². The zero-order valence-electron chi connectivity index (χ0n) is 7.95. The summed E-state index contributed by atoms with van der Waals surface area (Å²) < 4.78 is 1.73. The van der Waals surface area contributed by atoms with Crippen molar-refractivity contribution in [2.75, 3.05) is 0 Å². The summed E-state index contributed by atoms with van der Waals surface area (Å²) >= 11 is 1.51. The van der Waals surface area contributed by atoms with E-state index in [1.807, 2.05) is 13.2 Å². The third kappa shape index (κ3) is 1.39. The molecule has 3 rings (SSSR count). The molecule has 0 saturated heterocycles. The summed E-state index contributed by atoms with van der Waals surface area (Å²) in [6.45, 7) is 0. The molecule has 15 heavy (non-hydrogen) atoms. The Morgan fingerprint density at radius 3 is 3.00 bits per heavy atom. The van der Waals surface area contributed by atoms with Crippen LogP contribution in [-0.2, 0) is 7.05 Å². The fourth-order valence-corrected chi connectivity index (χ4v) is 1.98. The van der Waals surface area contributed by atoms with E-state index < -0.39 is 0 Å². The second kappa shape index (κ2) is 3.09. The van der Waals surface area contributed by atoms with Crippen LogP contribution in [0.2, 0.25) is 0 Å². The molecule has 3 heterocycles. The van der Waals surface area contributed by atoms with E-state index in [2.05, 4.69) is 20.1 Å². The standard InChI is InChI=1S/C9H7N5S/c1-14-4-6(2-12-14)8-10-3-7-9(13-8)15-5-11-7/h2-5H,1H3. The quantitative estimate of drug-likeness (QED) is 0.619. The highest BCUT2D eigenvalue weighted by molar-refractivity contribution is 7.16. The molecule has 0 bridgehead atoms. The van der Waals surface area contributed by atoms with Crippen molar-refractivity contribution in [1.29, 1.82) is 0 Å². The molecule has 0 unspecified atom stereocenters. The minimum atomic E-state index is 0.694. The van der Waals surface area contributed by atoms with Gasteiger partial charge in [-0.3, -0.25) is 4.68 Å². The monoisotopic (exact) mass is 217 g/mol. The van der Waals surface area contributed by atoms with Gasteiger partial charge in [-0.1, -0.05) is 0 Å². The number of aryl methyl sites for hydroxylation is 1. The molecule has 0 atom stereocenters. The SMILES string of the molecule is Cn1cc(-c2ncc3ncsc3n2)cn1. The highest BCUT2D eigenvalue weighted by atomic mass is 32.1. The van der Waals surface area contributed by atoms with E-state index in [4.69, 9.17) is 0 Å². The average Bonchev–Trinajstić information content (AvgIpc) is 2.84. The van der Waals surface area contributed by atoms with Crippen LogP contribution in [0, 0.1) is 0 Å². The van der Waals surface area contributed by atoms with Crippen molar-refractivity contribution in [3.63, 3.8) is 0 Å². The van der Waals surface area contributed by atoms with Gasteiger partial charge in [-0.2, -0.15) is 5.10 Å². The summed E-state index contributed by atoms with van der Waals surface area (Å²) in [5, 5.41) is 4.09. The van der Waals surface area contributed by atoms with Gasteiger partial charge in [0.25, 0.3) is 0 Å². The molecule has 74 valence electrons. The van der Waals surface area contributed by atoms with Crippen molar-refractivity contribution in [1.82, 2.24) is 24.7 Å². The number of aromatic nitrogens is 5. The van der Waals surface area contributed by atoms with Crippen molar-refractivity contribution in [3.05, 3.63) is 24.1 Å². The van der Waals surface area contributed by atoms with Crippen LogP contribution in [0.1, 0.15) is 0 Å². The molecule has 0 aliphatic carbocycles. The first-order valence-electron chi connectivity index (χ1n) is 4.38. The van der Waals surface area contributed by atoms with E-state index in [0.717, 1.165) is 15.9 Å². The van der Waals surface area contributed by atoms with Crippen LogP contribution in [0.15, 0.2) is 24.1 Å². The van der Waals surface area contributed by atoms with Gasteiger partial charge in [0.15, 0.2) is 5.82 Å². The topological polar surface area (TPSA) is 56.5 Å². The maximum absolute atomic E-state index is 4.41. The van der Waals surface area contributed by atoms with Crippen LogP contribution in [0.4, 0.5) is 0 Å². The second-order valence-electron chi connectivity index (χ2n) is 3.14. The fraction of sp³-hybridized carbons (Fsp3) is 0.111. The second-order valence-corrected chi connectivity index (χ2v) is 3.97. The number of nitrogens with zero attached hydrogens (tertiary/aromatic N) is 5. The summed E-state index contributed by atoms with van der Waals surface area (Å²) in [6, 6.07) is 0. The average molecular weight is 217 g/mol. The predicted molar refractivity (Wildman–Crippen MR) is 57.4 cm³/mol. The van der Waals surface area contributed by atoms with Crippen molar-refractivity contribution < 1.29 is 0 Å². The van der Waals surface area contributed by atoms with Gasteiger partial charge in [-0.15, -0.1) is 11.3 Å². The molecule has 0 aromatic carbocycles. The summed E-state index contributed by atoms with van der Waals surface area (Å²) in [7, 11) is 1.87. The Morgan fingerprint density at radius 1 is 1.27 bits per heavy atom. The van der Waals surface area contributed by atoms with E-state index in [1.54, 1.807) is 22.6 Å². The first-order valence-corrected chi connectivity index (χ1v) is 5.26. The summed E-state index contributed by atoms with van der Waals surface area (Å²) in [5.41, 5.74) is 3.53. The van der Waals surface area contributed by atoms with Crippen LogP contribution in [0.3, 0.4) is 0 Å². The lowest BCUT2D eigenvalue weighted by Crippen LogP contribution is -1.87. The van der Waals surface area contributed by atoms with Gasteiger partial charge >= 0.3 is 0 Å². The van der Waals surface area contributed by atoms with Crippen LogP contribution >= 0.6 is 11.3 Å². The zero-order valence-corrected chi connectivity index (χ0v) is 8.77. The molecule has 5 nitrogen and oxygen atoms in total. The lowest BCUT2D eigenvalue weighted by atomic mass is 10.3. The highest BCUT2D eigenvalue weighted by Crippen LogP contribution is 2.19. The lowest BCUT2D eigenvalue weighted by Gasteiger charge is -1.93. The van der Waals surface area contributed by atoms with Gasteiger partial charge in [-0.25, -0.2) is 15.0 Å². The number of thiazole rings is 1. The largest absolute Gasteiger partial charge is 0.275 e. The molecular formula is C9H7N5S. The van der Waals surface area contributed by atoms with Gasteiger partial charge in [0.2, 0.25) is 0 Å². The van der Waals surface area contributed by atoms with Gasteiger partial charge in [0, 0.05) is 13.2 Å². The fourth-order valence-electron chi connectivity index (χ4n) is 1.34. The number of rotatable bonds is 1. The van der Waals surface area contributed by atoms with Gasteiger partial charge < -0.3 is 0 Å². The third-order valence-corrected chi connectivity index (χ3v) is 2.79. The molecule has 0 aliphatic heterocycles. The maximum atomic E-state index is 4.41. The molecule has 0 spiro atoms. The smallest absolute Gasteiger partial charge is 0.164 e. The summed E-state index contributed by atoms with van der Waals surface area (Å²) in [5.74, 6) is 0.694. The molecule has 0 radical (unpaired) electrons. The van der Waals surface area contributed by atoms with Crippen LogP contribution in [0.5, 0.6) is 0 Å². The number of fused-ring (bicyclic) bond motifs is 1. The Labute approximate surface area is 89.4 Å². The molecule has 0 fully saturated rings. The van der Waals surface area contributed by atoms with Gasteiger partial charge in [0.05, 0.1) is 23.5 Å². The Balaban J connectivity index is 2.18. The van der Waals surface area contributed by atoms with E-state index in [-0.39, 0.29) is 0 Å². The molecule has 0 N–H and O–H groups in total. The van der Waals surface area contributed by atoms with Crippen molar-refractivity contribution in [3.8, 4) is 11.4 Å². The Morgan fingerprint density at radius 2 is 2.20 bits per heavy atom. The zero-order chi connectivity index (χ0) is 10.3. The normalized spacial score (nSPS) is 11.0. The Bertz CT molecular complexity index is 612. The lowest BCUT2D eigenvalue weighted by molar-refractivity contribution is 0.768. The maximum Gasteiger partial charge on any atom is 0.164 e. The minimum absolute atomic E-state index is 0.694. The van der Waals surface area contributed by atoms with E-state index in [1.165, 1.54) is 11.3 Å². The Hall–Kier alpha value is -1.82. The molecule has 3 aromatic heterocycles. The third-order valence-electron chi connectivity index (χ3n) is 2.05. The summed E-state index contributed by atoms with van der Waals surface area (Å²) in [6.07, 6.45) is 5.38. The van der Waals surface area contributed by atoms with Crippen LogP contribution in [-0.4, -0.2) is 24.7 Å². The first kappa shape index (κ1) is 8.49. The van der Waals surface area contributed by atoms with Gasteiger partial charge in [-0.05, 0) is 0 Å². The first-order chi connectivity index (χ1) is 7.33. The number of hydrogen-bond donors (Lipinski definition) is 0. The Kier molecular flexibility index (Phi) is 1.75.